The number of anilines is 1. The van der Waals surface area contributed by atoms with Crippen molar-refractivity contribution in [2.75, 3.05) is 18.5 Å². The Labute approximate surface area is 138 Å². The third-order valence-corrected chi connectivity index (χ3v) is 3.57. The van der Waals surface area contributed by atoms with Crippen molar-refractivity contribution in [1.29, 1.82) is 0 Å². The van der Waals surface area contributed by atoms with Crippen LogP contribution in [-0.2, 0) is 9.59 Å². The summed E-state index contributed by atoms with van der Waals surface area (Å²) in [4.78, 5) is 24.6. The van der Waals surface area contributed by atoms with Crippen LogP contribution in [0.2, 0.25) is 0 Å². The minimum Gasteiger partial charge on any atom is -0.494 e. The van der Waals surface area contributed by atoms with E-state index in [1.54, 1.807) is 38.1 Å². The van der Waals surface area contributed by atoms with Crippen LogP contribution >= 0.6 is 0 Å². The van der Waals surface area contributed by atoms with Gasteiger partial charge in [-0.05, 0) is 57.4 Å². The molecule has 0 bridgehead atoms. The van der Waals surface area contributed by atoms with Crippen molar-refractivity contribution < 1.29 is 14.3 Å². The van der Waals surface area contributed by atoms with E-state index in [1.807, 2.05) is 6.92 Å². The summed E-state index contributed by atoms with van der Waals surface area (Å²) in [6.45, 7) is 10.5. The second-order valence-corrected chi connectivity index (χ2v) is 6.47. The van der Waals surface area contributed by atoms with Gasteiger partial charge in [-0.2, -0.15) is 0 Å². The molecule has 0 spiro atoms. The molecule has 23 heavy (non-hydrogen) atoms. The smallest absolute Gasteiger partial charge is 0.239 e. The van der Waals surface area contributed by atoms with Crippen molar-refractivity contribution in [3.63, 3.8) is 0 Å². The molecule has 0 unspecified atom stereocenters. The van der Waals surface area contributed by atoms with Crippen LogP contribution in [0.4, 0.5) is 5.69 Å². The van der Waals surface area contributed by atoms with E-state index in [0.717, 1.165) is 12.2 Å². The molecule has 0 radical (unpaired) electrons. The van der Waals surface area contributed by atoms with Gasteiger partial charge in [0.15, 0.2) is 0 Å². The van der Waals surface area contributed by atoms with Gasteiger partial charge in [-0.25, -0.2) is 0 Å². The molecule has 0 saturated carbocycles. The van der Waals surface area contributed by atoms with E-state index in [0.29, 0.717) is 24.8 Å². The summed E-state index contributed by atoms with van der Waals surface area (Å²) in [5.41, 5.74) is -0.489. The maximum Gasteiger partial charge on any atom is 0.239 e. The molecule has 0 aliphatic heterocycles. The van der Waals surface area contributed by atoms with E-state index >= 15 is 0 Å². The molecule has 0 aliphatic carbocycles. The zero-order valence-corrected chi connectivity index (χ0v) is 14.7. The van der Waals surface area contributed by atoms with Gasteiger partial charge in [0.25, 0.3) is 0 Å². The van der Waals surface area contributed by atoms with Gasteiger partial charge in [0.05, 0.1) is 6.61 Å². The summed E-state index contributed by atoms with van der Waals surface area (Å²) in [6.07, 6.45) is 0.891. The normalized spacial score (nSPS) is 11.2. The van der Waals surface area contributed by atoms with Crippen molar-refractivity contribution in [2.45, 2.75) is 41.0 Å². The fourth-order valence-corrected chi connectivity index (χ4v) is 1.89. The number of carbonyl (C=O) groups excluding carboxylic acids is 2. The van der Waals surface area contributed by atoms with Gasteiger partial charge in [-0.1, -0.05) is 13.8 Å². The Morgan fingerprint density at radius 2 is 1.74 bits per heavy atom. The van der Waals surface area contributed by atoms with E-state index in [9.17, 15) is 9.59 Å². The van der Waals surface area contributed by atoms with Gasteiger partial charge in [-0.3, -0.25) is 9.59 Å². The van der Waals surface area contributed by atoms with Crippen LogP contribution in [0.15, 0.2) is 24.3 Å². The van der Waals surface area contributed by atoms with Crippen molar-refractivity contribution in [1.82, 2.24) is 5.32 Å². The predicted octanol–water partition coefficient (Wildman–Crippen LogP) is 3.21. The first-order valence-electron chi connectivity index (χ1n) is 8.10. The van der Waals surface area contributed by atoms with Crippen molar-refractivity contribution in [3.8, 4) is 5.75 Å². The highest BCUT2D eigenvalue weighted by atomic mass is 16.5. The third kappa shape index (κ3) is 5.93. The summed E-state index contributed by atoms with van der Waals surface area (Å²) in [5, 5.41) is 5.60. The Morgan fingerprint density at radius 1 is 1.13 bits per heavy atom. The number of benzene rings is 1. The van der Waals surface area contributed by atoms with Gasteiger partial charge in [0.1, 0.15) is 11.2 Å². The number of carbonyl (C=O) groups is 2. The molecule has 0 fully saturated rings. The third-order valence-electron chi connectivity index (χ3n) is 3.57. The molecule has 0 saturated heterocycles. The second-order valence-electron chi connectivity index (χ2n) is 6.47. The zero-order valence-electron chi connectivity index (χ0n) is 14.7. The van der Waals surface area contributed by atoms with Gasteiger partial charge >= 0.3 is 0 Å². The first-order valence-corrected chi connectivity index (χ1v) is 8.10. The quantitative estimate of drug-likeness (QED) is 0.723. The maximum atomic E-state index is 12.4. The number of ether oxygens (including phenoxy) is 1. The van der Waals surface area contributed by atoms with Crippen LogP contribution in [0, 0.1) is 11.3 Å². The molecule has 1 aromatic rings. The number of nitrogens with one attached hydrogen (secondary N) is 2. The van der Waals surface area contributed by atoms with E-state index < -0.39 is 5.41 Å². The molecular weight excluding hydrogens is 292 g/mol. The average Bonchev–Trinajstić information content (AvgIpc) is 2.48. The largest absolute Gasteiger partial charge is 0.494 e. The SMILES string of the molecule is CCOc1ccc(NC(=O)C(C)(C)C(=O)NCCC(C)C)cc1. The highest BCUT2D eigenvalue weighted by Gasteiger charge is 2.35. The summed E-state index contributed by atoms with van der Waals surface area (Å²) in [5.74, 6) is 0.664. The molecule has 1 rings (SSSR count). The molecule has 5 nitrogen and oxygen atoms in total. The van der Waals surface area contributed by atoms with Crippen molar-refractivity contribution in [2.24, 2.45) is 11.3 Å². The molecule has 2 N–H and O–H groups in total. The van der Waals surface area contributed by atoms with Gasteiger partial charge < -0.3 is 15.4 Å². The molecular formula is C18H28N2O3. The Hall–Kier alpha value is -2.04. The average molecular weight is 320 g/mol. The highest BCUT2D eigenvalue weighted by Crippen LogP contribution is 2.21. The molecule has 0 atom stereocenters. The van der Waals surface area contributed by atoms with E-state index in [2.05, 4.69) is 24.5 Å². The molecule has 0 heterocycles. The first kappa shape index (κ1) is 19.0. The summed E-state index contributed by atoms with van der Waals surface area (Å²) >= 11 is 0. The molecule has 0 aromatic heterocycles. The van der Waals surface area contributed by atoms with Crippen LogP contribution in [0.25, 0.3) is 0 Å². The molecule has 0 aliphatic rings. The van der Waals surface area contributed by atoms with E-state index in [-0.39, 0.29) is 11.8 Å². The monoisotopic (exact) mass is 320 g/mol. The van der Waals surface area contributed by atoms with Crippen LogP contribution in [0.5, 0.6) is 5.75 Å². The summed E-state index contributed by atoms with van der Waals surface area (Å²) in [7, 11) is 0. The molecule has 2 amide bonds. The lowest BCUT2D eigenvalue weighted by Gasteiger charge is -2.23. The summed E-state index contributed by atoms with van der Waals surface area (Å²) < 4.78 is 5.36. The van der Waals surface area contributed by atoms with Crippen LogP contribution < -0.4 is 15.4 Å². The highest BCUT2D eigenvalue weighted by molar-refractivity contribution is 6.09. The van der Waals surface area contributed by atoms with E-state index in [1.165, 1.54) is 0 Å². The number of rotatable bonds is 8. The second kappa shape index (κ2) is 8.56. The van der Waals surface area contributed by atoms with E-state index in [4.69, 9.17) is 4.74 Å². The fourth-order valence-electron chi connectivity index (χ4n) is 1.89. The molecule has 128 valence electrons. The van der Waals surface area contributed by atoms with Crippen LogP contribution in [0.1, 0.15) is 41.0 Å². The minimum absolute atomic E-state index is 0.262. The van der Waals surface area contributed by atoms with Crippen LogP contribution in [0.3, 0.4) is 0 Å². The Kier molecular flexibility index (Phi) is 7.07. The van der Waals surface area contributed by atoms with Crippen molar-refractivity contribution >= 4 is 17.5 Å². The van der Waals surface area contributed by atoms with Gasteiger partial charge in [-0.15, -0.1) is 0 Å². The minimum atomic E-state index is -1.13. The standard InChI is InChI=1S/C18H28N2O3/c1-6-23-15-9-7-14(8-10-15)20-17(22)18(4,5)16(21)19-12-11-13(2)3/h7-10,13H,6,11-12H2,1-5H3,(H,19,21)(H,20,22). The number of hydrogen-bond donors (Lipinski definition) is 2. The Bertz CT molecular complexity index is 522. The van der Waals surface area contributed by atoms with Crippen molar-refractivity contribution in [3.05, 3.63) is 24.3 Å². The van der Waals surface area contributed by atoms with Gasteiger partial charge in [0, 0.05) is 12.2 Å². The number of hydrogen-bond acceptors (Lipinski definition) is 3. The Balaban J connectivity index is 2.61. The lowest BCUT2D eigenvalue weighted by Crippen LogP contribution is -2.45. The number of amides is 2. The molecule has 5 heteroatoms. The lowest BCUT2D eigenvalue weighted by molar-refractivity contribution is -0.138. The first-order chi connectivity index (χ1) is 10.8. The Morgan fingerprint density at radius 3 is 2.26 bits per heavy atom. The summed E-state index contributed by atoms with van der Waals surface area (Å²) in [6, 6.07) is 7.09. The van der Waals surface area contributed by atoms with Crippen LogP contribution in [-0.4, -0.2) is 25.0 Å². The zero-order chi connectivity index (χ0) is 17.5. The van der Waals surface area contributed by atoms with Gasteiger partial charge in [0.2, 0.25) is 11.8 Å². The fraction of sp³-hybridized carbons (Fsp3) is 0.556. The predicted molar refractivity (Wildman–Crippen MR) is 92.5 cm³/mol. The molecule has 1 aromatic carbocycles. The lowest BCUT2D eigenvalue weighted by atomic mass is 9.90. The maximum absolute atomic E-state index is 12.4. The topological polar surface area (TPSA) is 67.4 Å².